The Hall–Kier alpha value is -1.69. The molecule has 1 aromatic carbocycles. The fourth-order valence-electron chi connectivity index (χ4n) is 2.18. The molecule has 6 heteroatoms. The predicted octanol–water partition coefficient (Wildman–Crippen LogP) is 1.59. The van der Waals surface area contributed by atoms with Crippen LogP contribution in [-0.4, -0.2) is 41.6 Å². The van der Waals surface area contributed by atoms with Crippen LogP contribution in [0.25, 0.3) is 0 Å². The molecule has 0 aromatic heterocycles. The lowest BCUT2D eigenvalue weighted by molar-refractivity contribution is -0.139. The van der Waals surface area contributed by atoms with Crippen molar-refractivity contribution in [2.45, 2.75) is 18.9 Å². The summed E-state index contributed by atoms with van der Waals surface area (Å²) in [6.45, 7) is 0.881. The Bertz CT molecular complexity index is 519. The molecule has 0 radical (unpaired) electrons. The number of carbonyl (C=O) groups is 2. The first-order valence-electron chi connectivity index (χ1n) is 6.51. The van der Waals surface area contributed by atoms with Gasteiger partial charge in [-0.1, -0.05) is 0 Å². The number of carboxylic acid groups (broad SMARTS) is 1. The molecule has 1 aliphatic rings. The smallest absolute Gasteiger partial charge is 0.326 e. The van der Waals surface area contributed by atoms with Crippen LogP contribution in [0.4, 0.5) is 5.69 Å². The number of rotatable bonds is 6. The lowest BCUT2D eigenvalue weighted by Crippen LogP contribution is -2.41. The van der Waals surface area contributed by atoms with E-state index in [0.29, 0.717) is 17.7 Å². The lowest BCUT2D eigenvalue weighted by Gasteiger charge is -2.14. The zero-order valence-electron chi connectivity index (χ0n) is 11.3. The summed E-state index contributed by atoms with van der Waals surface area (Å²) < 4.78 is 0. The van der Waals surface area contributed by atoms with E-state index >= 15 is 0 Å². The molecule has 108 valence electrons. The first-order valence-corrected chi connectivity index (χ1v) is 7.90. The molecule has 0 aliphatic carbocycles. The molecule has 0 saturated heterocycles. The predicted molar refractivity (Wildman–Crippen MR) is 80.5 cm³/mol. The van der Waals surface area contributed by atoms with Gasteiger partial charge in [-0.3, -0.25) is 4.79 Å². The van der Waals surface area contributed by atoms with Crippen molar-refractivity contribution >= 4 is 29.3 Å². The summed E-state index contributed by atoms with van der Waals surface area (Å²) in [6.07, 6.45) is 3.23. The molecule has 0 spiro atoms. The molecule has 0 saturated carbocycles. The van der Waals surface area contributed by atoms with Crippen LogP contribution in [0.3, 0.4) is 0 Å². The third-order valence-corrected chi connectivity index (χ3v) is 3.94. The Morgan fingerprint density at radius 3 is 3.00 bits per heavy atom. The maximum Gasteiger partial charge on any atom is 0.326 e. The van der Waals surface area contributed by atoms with Gasteiger partial charge in [0.2, 0.25) is 0 Å². The van der Waals surface area contributed by atoms with Crippen LogP contribution >= 0.6 is 11.8 Å². The summed E-state index contributed by atoms with van der Waals surface area (Å²) in [5.41, 5.74) is 2.68. The SMILES string of the molecule is CSCC[C@H](NC(=O)c1ccc2c(c1)CCN2)C(=O)O. The number of amides is 1. The monoisotopic (exact) mass is 294 g/mol. The second-order valence-corrected chi connectivity index (χ2v) is 5.68. The first-order chi connectivity index (χ1) is 9.61. The Morgan fingerprint density at radius 1 is 1.50 bits per heavy atom. The highest BCUT2D eigenvalue weighted by Crippen LogP contribution is 2.23. The van der Waals surface area contributed by atoms with E-state index in [-0.39, 0.29) is 5.91 Å². The molecule has 2 rings (SSSR count). The molecule has 1 atom stereocenters. The topological polar surface area (TPSA) is 78.4 Å². The molecule has 1 aliphatic heterocycles. The number of aliphatic carboxylic acids is 1. The van der Waals surface area contributed by atoms with Gasteiger partial charge in [-0.2, -0.15) is 11.8 Å². The zero-order chi connectivity index (χ0) is 14.5. The molecule has 0 unspecified atom stereocenters. The van der Waals surface area contributed by atoms with Gasteiger partial charge in [-0.25, -0.2) is 4.79 Å². The van der Waals surface area contributed by atoms with Crippen molar-refractivity contribution in [2.75, 3.05) is 23.9 Å². The zero-order valence-corrected chi connectivity index (χ0v) is 12.1. The number of carbonyl (C=O) groups excluding carboxylic acids is 1. The normalized spacial score (nSPS) is 14.2. The largest absolute Gasteiger partial charge is 0.480 e. The number of benzene rings is 1. The minimum atomic E-state index is -0.991. The Morgan fingerprint density at radius 2 is 2.30 bits per heavy atom. The standard InChI is InChI=1S/C14H18N2O3S/c1-20-7-5-12(14(18)19)16-13(17)10-2-3-11-9(8-10)4-6-15-11/h2-3,8,12,15H,4-7H2,1H3,(H,16,17)(H,18,19)/t12-/m0/s1. The highest BCUT2D eigenvalue weighted by atomic mass is 32.2. The van der Waals surface area contributed by atoms with Gasteiger partial charge in [0.1, 0.15) is 6.04 Å². The highest BCUT2D eigenvalue weighted by Gasteiger charge is 2.21. The van der Waals surface area contributed by atoms with E-state index in [1.165, 1.54) is 0 Å². The van der Waals surface area contributed by atoms with E-state index in [4.69, 9.17) is 5.11 Å². The number of anilines is 1. The van der Waals surface area contributed by atoms with Crippen molar-refractivity contribution in [1.82, 2.24) is 5.32 Å². The minimum Gasteiger partial charge on any atom is -0.480 e. The average Bonchev–Trinajstić information content (AvgIpc) is 2.90. The summed E-state index contributed by atoms with van der Waals surface area (Å²) in [5, 5.41) is 14.9. The fourth-order valence-corrected chi connectivity index (χ4v) is 2.65. The number of hydrogen-bond acceptors (Lipinski definition) is 4. The molecule has 0 fully saturated rings. The molecular weight excluding hydrogens is 276 g/mol. The summed E-state index contributed by atoms with van der Waals surface area (Å²) in [7, 11) is 0. The average molecular weight is 294 g/mol. The molecule has 0 bridgehead atoms. The van der Waals surface area contributed by atoms with Gasteiger partial charge in [-0.05, 0) is 48.6 Å². The van der Waals surface area contributed by atoms with Crippen molar-refractivity contribution in [3.8, 4) is 0 Å². The van der Waals surface area contributed by atoms with Crippen molar-refractivity contribution < 1.29 is 14.7 Å². The Labute approximate surface area is 122 Å². The Balaban J connectivity index is 2.04. The van der Waals surface area contributed by atoms with Crippen LogP contribution in [-0.2, 0) is 11.2 Å². The van der Waals surface area contributed by atoms with Gasteiger partial charge < -0.3 is 15.7 Å². The maximum atomic E-state index is 12.1. The Kier molecular flexibility index (Phi) is 4.89. The number of hydrogen-bond donors (Lipinski definition) is 3. The molecular formula is C14H18N2O3S. The molecule has 1 amide bonds. The molecule has 5 nitrogen and oxygen atoms in total. The van der Waals surface area contributed by atoms with Crippen molar-refractivity contribution in [2.24, 2.45) is 0 Å². The number of thioether (sulfide) groups is 1. The third kappa shape index (κ3) is 3.45. The number of carboxylic acids is 1. The van der Waals surface area contributed by atoms with Crippen LogP contribution < -0.4 is 10.6 Å². The van der Waals surface area contributed by atoms with Gasteiger partial charge in [0.15, 0.2) is 0 Å². The van der Waals surface area contributed by atoms with Crippen LogP contribution in [0, 0.1) is 0 Å². The molecule has 3 N–H and O–H groups in total. The van der Waals surface area contributed by atoms with Crippen LogP contribution in [0.2, 0.25) is 0 Å². The molecule has 1 aromatic rings. The summed E-state index contributed by atoms with van der Waals surface area (Å²) in [4.78, 5) is 23.2. The van der Waals surface area contributed by atoms with Gasteiger partial charge >= 0.3 is 5.97 Å². The van der Waals surface area contributed by atoms with E-state index < -0.39 is 12.0 Å². The van der Waals surface area contributed by atoms with Gasteiger partial charge in [0.05, 0.1) is 0 Å². The first kappa shape index (κ1) is 14.7. The van der Waals surface area contributed by atoms with Gasteiger partial charge in [0, 0.05) is 17.8 Å². The number of fused-ring (bicyclic) bond motifs is 1. The van der Waals surface area contributed by atoms with Crippen LogP contribution in [0.15, 0.2) is 18.2 Å². The maximum absolute atomic E-state index is 12.1. The van der Waals surface area contributed by atoms with Gasteiger partial charge in [-0.15, -0.1) is 0 Å². The van der Waals surface area contributed by atoms with E-state index in [0.717, 1.165) is 24.2 Å². The van der Waals surface area contributed by atoms with Crippen LogP contribution in [0.5, 0.6) is 0 Å². The van der Waals surface area contributed by atoms with E-state index in [1.807, 2.05) is 18.4 Å². The second-order valence-electron chi connectivity index (χ2n) is 4.69. The van der Waals surface area contributed by atoms with Gasteiger partial charge in [0.25, 0.3) is 5.91 Å². The second kappa shape index (κ2) is 6.65. The van der Waals surface area contributed by atoms with Crippen LogP contribution in [0.1, 0.15) is 22.3 Å². The number of nitrogens with one attached hydrogen (secondary N) is 2. The van der Waals surface area contributed by atoms with Crippen molar-refractivity contribution in [1.29, 1.82) is 0 Å². The quantitative estimate of drug-likeness (QED) is 0.742. The minimum absolute atomic E-state index is 0.326. The summed E-state index contributed by atoms with van der Waals surface area (Å²) in [6, 6.07) is 4.59. The molecule has 20 heavy (non-hydrogen) atoms. The summed E-state index contributed by atoms with van der Waals surface area (Å²) >= 11 is 1.56. The van der Waals surface area contributed by atoms with E-state index in [1.54, 1.807) is 17.8 Å². The van der Waals surface area contributed by atoms with Crippen molar-refractivity contribution in [3.63, 3.8) is 0 Å². The van der Waals surface area contributed by atoms with Crippen molar-refractivity contribution in [3.05, 3.63) is 29.3 Å². The van der Waals surface area contributed by atoms with E-state index in [2.05, 4.69) is 10.6 Å². The van der Waals surface area contributed by atoms with E-state index in [9.17, 15) is 9.59 Å². The highest BCUT2D eigenvalue weighted by molar-refractivity contribution is 7.98. The molecule has 1 heterocycles. The lowest BCUT2D eigenvalue weighted by atomic mass is 10.1. The fraction of sp³-hybridized carbons (Fsp3) is 0.429. The summed E-state index contributed by atoms with van der Waals surface area (Å²) in [5.74, 6) is -0.617. The third-order valence-electron chi connectivity index (χ3n) is 3.29.